The fourth-order valence-electron chi connectivity index (χ4n) is 2.46. The summed E-state index contributed by atoms with van der Waals surface area (Å²) in [7, 11) is 2.08. The molecule has 4 heteroatoms. The lowest BCUT2D eigenvalue weighted by molar-refractivity contribution is 0.241. The average Bonchev–Trinajstić information content (AvgIpc) is 2.46. The maximum absolute atomic E-state index is 6.11. The van der Waals surface area contributed by atoms with Crippen molar-refractivity contribution in [3.8, 4) is 0 Å². The van der Waals surface area contributed by atoms with E-state index < -0.39 is 0 Å². The van der Waals surface area contributed by atoms with E-state index >= 15 is 0 Å². The predicted molar refractivity (Wildman–Crippen MR) is 90.9 cm³/mol. The second-order valence-corrected chi connectivity index (χ2v) is 6.08. The fourth-order valence-corrected chi connectivity index (χ4v) is 2.76. The molecule has 0 aliphatic carbocycles. The third-order valence-electron chi connectivity index (χ3n) is 3.76. The number of likely N-dealkylation sites (N-methyl/N-ethyl adjacent to an activating group) is 1. The standard InChI is InChI=1S/C17H20Cl2N2/c1-12-5-3-4-6-14(12)11-21(2)17(10-20)13-7-8-15(18)16(19)9-13/h3-9,17H,10-11,20H2,1-2H3. The van der Waals surface area contributed by atoms with Crippen molar-refractivity contribution in [3.05, 3.63) is 69.2 Å². The molecule has 2 nitrogen and oxygen atoms in total. The first-order valence-electron chi connectivity index (χ1n) is 6.92. The summed E-state index contributed by atoms with van der Waals surface area (Å²) in [6.45, 7) is 3.49. The summed E-state index contributed by atoms with van der Waals surface area (Å²) in [5, 5.41) is 1.13. The van der Waals surface area contributed by atoms with Crippen molar-refractivity contribution in [1.29, 1.82) is 0 Å². The molecule has 2 aromatic rings. The van der Waals surface area contributed by atoms with Gasteiger partial charge in [0.05, 0.1) is 10.0 Å². The second-order valence-electron chi connectivity index (χ2n) is 5.27. The zero-order valence-electron chi connectivity index (χ0n) is 12.3. The Hall–Kier alpha value is -1.06. The second kappa shape index (κ2) is 7.28. The van der Waals surface area contributed by atoms with Crippen LogP contribution in [0, 0.1) is 6.92 Å². The van der Waals surface area contributed by atoms with Gasteiger partial charge in [0.2, 0.25) is 0 Å². The molecule has 1 unspecified atom stereocenters. The van der Waals surface area contributed by atoms with Crippen LogP contribution in [0.2, 0.25) is 10.0 Å². The minimum atomic E-state index is 0.111. The maximum atomic E-state index is 6.11. The number of rotatable bonds is 5. The van der Waals surface area contributed by atoms with E-state index in [2.05, 4.69) is 43.1 Å². The summed E-state index contributed by atoms with van der Waals surface area (Å²) in [6, 6.07) is 14.2. The van der Waals surface area contributed by atoms with Crippen molar-refractivity contribution in [1.82, 2.24) is 4.90 Å². The zero-order valence-corrected chi connectivity index (χ0v) is 13.8. The molecule has 2 rings (SSSR count). The molecule has 2 N–H and O–H groups in total. The summed E-state index contributed by atoms with van der Waals surface area (Å²) >= 11 is 12.1. The first kappa shape index (κ1) is 16.3. The first-order chi connectivity index (χ1) is 10.0. The first-order valence-corrected chi connectivity index (χ1v) is 7.68. The summed E-state index contributed by atoms with van der Waals surface area (Å²) in [4.78, 5) is 2.24. The summed E-state index contributed by atoms with van der Waals surface area (Å²) in [5.41, 5.74) is 9.64. The molecule has 0 aliphatic heterocycles. The van der Waals surface area contributed by atoms with Gasteiger partial charge in [-0.25, -0.2) is 0 Å². The van der Waals surface area contributed by atoms with E-state index in [1.54, 1.807) is 0 Å². The summed E-state index contributed by atoms with van der Waals surface area (Å²) < 4.78 is 0. The molecule has 0 amide bonds. The van der Waals surface area contributed by atoms with Crippen LogP contribution in [0.3, 0.4) is 0 Å². The molecular formula is C17H20Cl2N2. The van der Waals surface area contributed by atoms with Crippen LogP contribution in [0.4, 0.5) is 0 Å². The molecule has 0 fully saturated rings. The van der Waals surface area contributed by atoms with Gasteiger partial charge in [-0.1, -0.05) is 53.5 Å². The highest BCUT2D eigenvalue weighted by Crippen LogP contribution is 2.28. The van der Waals surface area contributed by atoms with Crippen LogP contribution in [0.15, 0.2) is 42.5 Å². The number of aryl methyl sites for hydroxylation is 1. The molecular weight excluding hydrogens is 303 g/mol. The van der Waals surface area contributed by atoms with Crippen molar-refractivity contribution < 1.29 is 0 Å². The van der Waals surface area contributed by atoms with E-state index in [-0.39, 0.29) is 6.04 Å². The van der Waals surface area contributed by atoms with E-state index in [9.17, 15) is 0 Å². The summed E-state index contributed by atoms with van der Waals surface area (Å²) in [5.74, 6) is 0. The molecule has 2 aromatic carbocycles. The monoisotopic (exact) mass is 322 g/mol. The van der Waals surface area contributed by atoms with Gasteiger partial charge in [0.15, 0.2) is 0 Å². The Labute approximate surface area is 136 Å². The van der Waals surface area contributed by atoms with Gasteiger partial charge in [-0.15, -0.1) is 0 Å². The molecule has 0 aromatic heterocycles. The van der Waals surface area contributed by atoms with Crippen molar-refractivity contribution in [2.24, 2.45) is 5.73 Å². The third kappa shape index (κ3) is 3.98. The van der Waals surface area contributed by atoms with Gasteiger partial charge in [-0.3, -0.25) is 4.90 Å². The number of hydrogen-bond acceptors (Lipinski definition) is 2. The number of nitrogens with zero attached hydrogens (tertiary/aromatic N) is 1. The molecule has 1 atom stereocenters. The van der Waals surface area contributed by atoms with E-state index in [1.807, 2.05) is 18.2 Å². The lowest BCUT2D eigenvalue weighted by Crippen LogP contribution is -2.30. The minimum absolute atomic E-state index is 0.111. The van der Waals surface area contributed by atoms with Crippen molar-refractivity contribution in [3.63, 3.8) is 0 Å². The van der Waals surface area contributed by atoms with Crippen molar-refractivity contribution in [2.75, 3.05) is 13.6 Å². The highest BCUT2D eigenvalue weighted by Gasteiger charge is 2.17. The Kier molecular flexibility index (Phi) is 5.65. The average molecular weight is 323 g/mol. The van der Waals surface area contributed by atoms with Gasteiger partial charge in [-0.2, -0.15) is 0 Å². The third-order valence-corrected chi connectivity index (χ3v) is 4.50. The highest BCUT2D eigenvalue weighted by atomic mass is 35.5. The van der Waals surface area contributed by atoms with Crippen LogP contribution >= 0.6 is 23.2 Å². The van der Waals surface area contributed by atoms with Gasteiger partial charge in [0.1, 0.15) is 0 Å². The lowest BCUT2D eigenvalue weighted by atomic mass is 10.0. The smallest absolute Gasteiger partial charge is 0.0595 e. The molecule has 0 saturated heterocycles. The molecule has 0 aliphatic rings. The Morgan fingerprint density at radius 3 is 2.43 bits per heavy atom. The SMILES string of the molecule is Cc1ccccc1CN(C)C(CN)c1ccc(Cl)c(Cl)c1. The lowest BCUT2D eigenvalue weighted by Gasteiger charge is -2.28. The quantitative estimate of drug-likeness (QED) is 0.882. The van der Waals surface area contributed by atoms with Crippen LogP contribution in [0.25, 0.3) is 0 Å². The fraction of sp³-hybridized carbons (Fsp3) is 0.294. The number of halogens is 2. The molecule has 0 heterocycles. The van der Waals surface area contributed by atoms with E-state index in [0.29, 0.717) is 16.6 Å². The predicted octanol–water partition coefficient (Wildman–Crippen LogP) is 4.43. The van der Waals surface area contributed by atoms with E-state index in [4.69, 9.17) is 28.9 Å². The minimum Gasteiger partial charge on any atom is -0.329 e. The normalized spacial score (nSPS) is 12.7. The highest BCUT2D eigenvalue weighted by molar-refractivity contribution is 6.42. The molecule has 0 spiro atoms. The van der Waals surface area contributed by atoms with Crippen molar-refractivity contribution >= 4 is 23.2 Å². The van der Waals surface area contributed by atoms with Crippen LogP contribution < -0.4 is 5.73 Å². The molecule has 21 heavy (non-hydrogen) atoms. The molecule has 112 valence electrons. The molecule has 0 radical (unpaired) electrons. The Morgan fingerprint density at radius 1 is 1.10 bits per heavy atom. The molecule has 0 bridgehead atoms. The number of hydrogen-bond donors (Lipinski definition) is 1. The van der Waals surface area contributed by atoms with Gasteiger partial charge in [0.25, 0.3) is 0 Å². The van der Waals surface area contributed by atoms with Crippen LogP contribution in [-0.2, 0) is 6.54 Å². The van der Waals surface area contributed by atoms with Crippen LogP contribution in [0.5, 0.6) is 0 Å². The largest absolute Gasteiger partial charge is 0.329 e. The van der Waals surface area contributed by atoms with Gasteiger partial charge >= 0.3 is 0 Å². The summed E-state index contributed by atoms with van der Waals surface area (Å²) in [6.07, 6.45) is 0. The van der Waals surface area contributed by atoms with Gasteiger partial charge in [0, 0.05) is 19.1 Å². The topological polar surface area (TPSA) is 29.3 Å². The number of nitrogens with two attached hydrogens (primary N) is 1. The Balaban J connectivity index is 2.20. The molecule has 0 saturated carbocycles. The number of benzene rings is 2. The zero-order chi connectivity index (χ0) is 15.4. The van der Waals surface area contributed by atoms with Crippen LogP contribution in [-0.4, -0.2) is 18.5 Å². The van der Waals surface area contributed by atoms with Crippen LogP contribution in [0.1, 0.15) is 22.7 Å². The Bertz CT molecular complexity index is 613. The Morgan fingerprint density at radius 2 is 1.81 bits per heavy atom. The van der Waals surface area contributed by atoms with E-state index in [1.165, 1.54) is 11.1 Å². The van der Waals surface area contributed by atoms with Gasteiger partial charge in [-0.05, 0) is 42.8 Å². The van der Waals surface area contributed by atoms with Gasteiger partial charge < -0.3 is 5.73 Å². The van der Waals surface area contributed by atoms with E-state index in [0.717, 1.165) is 12.1 Å². The maximum Gasteiger partial charge on any atom is 0.0595 e. The van der Waals surface area contributed by atoms with Crippen molar-refractivity contribution in [2.45, 2.75) is 19.5 Å².